The van der Waals surface area contributed by atoms with Crippen molar-refractivity contribution < 1.29 is 9.53 Å². The number of amides is 1. The number of carbonyl (C=O) groups is 1. The van der Waals surface area contributed by atoms with Crippen molar-refractivity contribution in [2.45, 2.75) is 44.1 Å². The zero-order chi connectivity index (χ0) is 16.1. The molecule has 1 aromatic carbocycles. The predicted octanol–water partition coefficient (Wildman–Crippen LogP) is 2.46. The van der Waals surface area contributed by atoms with Gasteiger partial charge in [-0.1, -0.05) is 30.3 Å². The molecule has 2 fully saturated rings. The molecule has 1 aliphatic heterocycles. The van der Waals surface area contributed by atoms with Crippen LogP contribution in [-0.4, -0.2) is 38.8 Å². The normalized spacial score (nSPS) is 25.8. The first-order valence-corrected chi connectivity index (χ1v) is 8.76. The largest absolute Gasteiger partial charge is 0.384 e. The zero-order valence-electron chi connectivity index (χ0n) is 14.0. The molecule has 126 valence electrons. The monoisotopic (exact) mass is 316 g/mol. The zero-order valence-corrected chi connectivity index (χ0v) is 14.0. The Morgan fingerprint density at radius 2 is 2.04 bits per heavy atom. The second kappa shape index (κ2) is 7.45. The second-order valence-electron chi connectivity index (χ2n) is 7.11. The van der Waals surface area contributed by atoms with E-state index in [-0.39, 0.29) is 11.3 Å². The van der Waals surface area contributed by atoms with E-state index < -0.39 is 0 Å². The average Bonchev–Trinajstić information content (AvgIpc) is 3.34. The summed E-state index contributed by atoms with van der Waals surface area (Å²) in [7, 11) is 1.76. The van der Waals surface area contributed by atoms with Crippen LogP contribution in [0.15, 0.2) is 30.3 Å². The molecule has 0 unspecified atom stereocenters. The van der Waals surface area contributed by atoms with Crippen LogP contribution in [0.2, 0.25) is 0 Å². The summed E-state index contributed by atoms with van der Waals surface area (Å²) >= 11 is 0. The molecule has 4 nitrogen and oxygen atoms in total. The number of nitrogens with one attached hydrogen (secondary N) is 2. The van der Waals surface area contributed by atoms with Gasteiger partial charge in [0.25, 0.3) is 0 Å². The standard InChI is InChI=1S/C19H28N2O2/c1-23-14-19(9-11-20-12-10-19)8-7-18(22)21-17-13-16(17)15-5-3-2-4-6-15/h2-6,16-17,20H,7-14H2,1H3,(H,21,22)/t16-,17+/m0/s1. The Bertz CT molecular complexity index is 506. The molecule has 1 aromatic rings. The average molecular weight is 316 g/mol. The summed E-state index contributed by atoms with van der Waals surface area (Å²) < 4.78 is 5.43. The van der Waals surface area contributed by atoms with E-state index in [2.05, 4.69) is 34.9 Å². The van der Waals surface area contributed by atoms with E-state index in [0.29, 0.717) is 18.4 Å². The molecule has 1 heterocycles. The second-order valence-corrected chi connectivity index (χ2v) is 7.11. The lowest BCUT2D eigenvalue weighted by Gasteiger charge is -2.37. The Morgan fingerprint density at radius 1 is 1.30 bits per heavy atom. The molecule has 4 heteroatoms. The molecule has 2 atom stereocenters. The fourth-order valence-corrected chi connectivity index (χ4v) is 3.81. The van der Waals surface area contributed by atoms with Crippen LogP contribution in [0.4, 0.5) is 0 Å². The Balaban J connectivity index is 1.45. The molecule has 2 aliphatic rings. The van der Waals surface area contributed by atoms with Gasteiger partial charge in [-0.05, 0) is 49.8 Å². The number of benzene rings is 1. The van der Waals surface area contributed by atoms with Gasteiger partial charge >= 0.3 is 0 Å². The van der Waals surface area contributed by atoms with Crippen LogP contribution in [0.1, 0.15) is 43.6 Å². The van der Waals surface area contributed by atoms with E-state index in [9.17, 15) is 4.79 Å². The van der Waals surface area contributed by atoms with Gasteiger partial charge in [0, 0.05) is 25.5 Å². The van der Waals surface area contributed by atoms with E-state index >= 15 is 0 Å². The fraction of sp³-hybridized carbons (Fsp3) is 0.632. The molecular weight excluding hydrogens is 288 g/mol. The first kappa shape index (κ1) is 16.5. The molecule has 2 N–H and O–H groups in total. The van der Waals surface area contributed by atoms with Crippen LogP contribution >= 0.6 is 0 Å². The maximum absolute atomic E-state index is 12.3. The van der Waals surface area contributed by atoms with Crippen LogP contribution in [0.25, 0.3) is 0 Å². The highest BCUT2D eigenvalue weighted by molar-refractivity contribution is 5.77. The van der Waals surface area contributed by atoms with Crippen molar-refractivity contribution in [3.8, 4) is 0 Å². The van der Waals surface area contributed by atoms with Crippen LogP contribution in [0, 0.1) is 5.41 Å². The molecule has 3 rings (SSSR count). The molecule has 0 radical (unpaired) electrons. The molecule has 1 aliphatic carbocycles. The van der Waals surface area contributed by atoms with Gasteiger partial charge in [-0.2, -0.15) is 0 Å². The minimum Gasteiger partial charge on any atom is -0.384 e. The Labute approximate surface area is 139 Å². The molecule has 0 bridgehead atoms. The first-order chi connectivity index (χ1) is 11.2. The molecule has 1 amide bonds. The third-order valence-electron chi connectivity index (χ3n) is 5.36. The van der Waals surface area contributed by atoms with Crippen molar-refractivity contribution in [2.75, 3.05) is 26.8 Å². The maximum atomic E-state index is 12.3. The Morgan fingerprint density at radius 3 is 2.74 bits per heavy atom. The van der Waals surface area contributed by atoms with Crippen LogP contribution in [-0.2, 0) is 9.53 Å². The van der Waals surface area contributed by atoms with E-state index in [4.69, 9.17) is 4.74 Å². The van der Waals surface area contributed by atoms with E-state index in [1.165, 1.54) is 5.56 Å². The van der Waals surface area contributed by atoms with Gasteiger partial charge < -0.3 is 15.4 Å². The lowest BCUT2D eigenvalue weighted by molar-refractivity contribution is -0.122. The van der Waals surface area contributed by atoms with Crippen LogP contribution in [0.3, 0.4) is 0 Å². The van der Waals surface area contributed by atoms with Crippen molar-refractivity contribution in [1.82, 2.24) is 10.6 Å². The third kappa shape index (κ3) is 4.33. The van der Waals surface area contributed by atoms with E-state index in [1.54, 1.807) is 7.11 Å². The predicted molar refractivity (Wildman–Crippen MR) is 91.4 cm³/mol. The van der Waals surface area contributed by atoms with Gasteiger partial charge in [0.1, 0.15) is 0 Å². The molecule has 1 saturated carbocycles. The third-order valence-corrected chi connectivity index (χ3v) is 5.36. The minimum atomic E-state index is 0.180. The summed E-state index contributed by atoms with van der Waals surface area (Å²) in [6.45, 7) is 2.82. The Kier molecular flexibility index (Phi) is 5.34. The summed E-state index contributed by atoms with van der Waals surface area (Å²) in [5.41, 5.74) is 1.52. The minimum absolute atomic E-state index is 0.180. The number of carbonyl (C=O) groups excluding carboxylic acids is 1. The van der Waals surface area contributed by atoms with Crippen molar-refractivity contribution in [3.63, 3.8) is 0 Å². The smallest absolute Gasteiger partial charge is 0.220 e. The quantitative estimate of drug-likeness (QED) is 0.812. The highest BCUT2D eigenvalue weighted by Gasteiger charge is 2.39. The van der Waals surface area contributed by atoms with Crippen molar-refractivity contribution in [2.24, 2.45) is 5.41 Å². The summed E-state index contributed by atoms with van der Waals surface area (Å²) in [5.74, 6) is 0.703. The van der Waals surface area contributed by atoms with Gasteiger partial charge in [0.15, 0.2) is 0 Å². The van der Waals surface area contributed by atoms with Gasteiger partial charge in [-0.25, -0.2) is 0 Å². The SMILES string of the molecule is COCC1(CCC(=O)N[C@@H]2C[C@H]2c2ccccc2)CCNCC1. The van der Waals surface area contributed by atoms with Crippen molar-refractivity contribution >= 4 is 5.91 Å². The highest BCUT2D eigenvalue weighted by atomic mass is 16.5. The van der Waals surface area contributed by atoms with Gasteiger partial charge in [0.2, 0.25) is 5.91 Å². The summed E-state index contributed by atoms with van der Waals surface area (Å²) in [4.78, 5) is 12.3. The van der Waals surface area contributed by atoms with Crippen molar-refractivity contribution in [1.29, 1.82) is 0 Å². The van der Waals surface area contributed by atoms with E-state index in [1.807, 2.05) is 6.07 Å². The molecule has 23 heavy (non-hydrogen) atoms. The number of hydrogen-bond donors (Lipinski definition) is 2. The van der Waals surface area contributed by atoms with Gasteiger partial charge in [0.05, 0.1) is 6.61 Å². The van der Waals surface area contributed by atoms with Crippen LogP contribution in [0.5, 0.6) is 0 Å². The van der Waals surface area contributed by atoms with E-state index in [0.717, 1.165) is 45.4 Å². The molecule has 1 saturated heterocycles. The highest BCUT2D eigenvalue weighted by Crippen LogP contribution is 2.41. The molecule has 0 aromatic heterocycles. The molecule has 0 spiro atoms. The number of methoxy groups -OCH3 is 1. The summed E-state index contributed by atoms with van der Waals surface area (Å²) in [5, 5.41) is 6.60. The summed E-state index contributed by atoms with van der Waals surface area (Å²) in [6.07, 6.45) is 4.82. The van der Waals surface area contributed by atoms with Gasteiger partial charge in [-0.3, -0.25) is 4.79 Å². The topological polar surface area (TPSA) is 50.4 Å². The lowest BCUT2D eigenvalue weighted by atomic mass is 9.76. The Hall–Kier alpha value is -1.39. The summed E-state index contributed by atoms with van der Waals surface area (Å²) in [6, 6.07) is 10.8. The fourth-order valence-electron chi connectivity index (χ4n) is 3.81. The van der Waals surface area contributed by atoms with Crippen molar-refractivity contribution in [3.05, 3.63) is 35.9 Å². The number of hydrogen-bond acceptors (Lipinski definition) is 3. The molecular formula is C19H28N2O2. The first-order valence-electron chi connectivity index (χ1n) is 8.76. The number of ether oxygens (including phenoxy) is 1. The van der Waals surface area contributed by atoms with Crippen LogP contribution < -0.4 is 10.6 Å². The lowest BCUT2D eigenvalue weighted by Crippen LogP contribution is -2.40. The maximum Gasteiger partial charge on any atom is 0.220 e. The number of piperidine rings is 1. The number of rotatable bonds is 7. The van der Waals surface area contributed by atoms with Gasteiger partial charge in [-0.15, -0.1) is 0 Å².